The van der Waals surface area contributed by atoms with Crippen LogP contribution in [0.25, 0.3) is 0 Å². The van der Waals surface area contributed by atoms with E-state index in [1.54, 1.807) is 0 Å². The van der Waals surface area contributed by atoms with Gasteiger partial charge in [0.2, 0.25) is 0 Å². The molecule has 7 heteroatoms. The number of carboxylic acid groups (broad SMARTS) is 1. The van der Waals surface area contributed by atoms with E-state index >= 15 is 0 Å². The average molecular weight is 266 g/mol. The second kappa shape index (κ2) is 5.64. The Morgan fingerprint density at radius 1 is 1.53 bits per heavy atom. The third-order valence-corrected chi connectivity index (χ3v) is 3.25. The molecule has 7 nitrogen and oxygen atoms in total. The molecule has 0 spiro atoms. The van der Waals surface area contributed by atoms with Gasteiger partial charge >= 0.3 is 11.7 Å². The van der Waals surface area contributed by atoms with E-state index in [0.717, 1.165) is 31.4 Å². The van der Waals surface area contributed by atoms with Crippen molar-refractivity contribution in [3.8, 4) is 5.88 Å². The maximum absolute atomic E-state index is 10.8. The lowest BCUT2D eigenvalue weighted by atomic mass is 9.83. The van der Waals surface area contributed by atoms with Crippen molar-refractivity contribution in [3.05, 3.63) is 27.9 Å². The molecule has 1 heterocycles. The fourth-order valence-electron chi connectivity index (χ4n) is 1.90. The third-order valence-electron chi connectivity index (χ3n) is 3.25. The van der Waals surface area contributed by atoms with E-state index < -0.39 is 10.9 Å². The number of ether oxygens (including phenoxy) is 1. The highest BCUT2D eigenvalue weighted by molar-refractivity contribution is 5.85. The lowest BCUT2D eigenvalue weighted by Crippen LogP contribution is -2.15. The van der Waals surface area contributed by atoms with Crippen molar-refractivity contribution in [2.24, 2.45) is 5.92 Å². The minimum Gasteiger partial charge on any atom is -0.477 e. The van der Waals surface area contributed by atoms with Crippen LogP contribution in [0.1, 0.15) is 36.2 Å². The standard InChI is InChI=1S/C12H14N2O5/c15-12(16)9-4-5-10(14(17)18)11(13-9)19-7-6-8-2-1-3-8/h4-5,8H,1-3,6-7H2,(H,15,16). The molecule has 0 unspecified atom stereocenters. The summed E-state index contributed by atoms with van der Waals surface area (Å²) in [5, 5.41) is 19.6. The molecule has 102 valence electrons. The number of carboxylic acids is 1. The van der Waals surface area contributed by atoms with Crippen molar-refractivity contribution in [2.45, 2.75) is 25.7 Å². The molecule has 0 amide bonds. The fourth-order valence-corrected chi connectivity index (χ4v) is 1.90. The van der Waals surface area contributed by atoms with Gasteiger partial charge < -0.3 is 9.84 Å². The van der Waals surface area contributed by atoms with E-state index in [-0.39, 0.29) is 17.3 Å². The molecule has 1 aliphatic rings. The number of aromatic carboxylic acids is 1. The molecule has 1 aliphatic carbocycles. The second-order valence-electron chi connectivity index (χ2n) is 4.52. The van der Waals surface area contributed by atoms with Crippen LogP contribution in [0, 0.1) is 16.0 Å². The van der Waals surface area contributed by atoms with Crippen molar-refractivity contribution in [2.75, 3.05) is 6.61 Å². The van der Waals surface area contributed by atoms with Gasteiger partial charge in [-0.1, -0.05) is 19.3 Å². The Bertz CT molecular complexity index is 499. The van der Waals surface area contributed by atoms with Gasteiger partial charge in [-0.15, -0.1) is 0 Å². The Balaban J connectivity index is 2.07. The first-order valence-electron chi connectivity index (χ1n) is 6.09. The average Bonchev–Trinajstić information content (AvgIpc) is 2.31. The topological polar surface area (TPSA) is 103 Å². The van der Waals surface area contributed by atoms with E-state index in [2.05, 4.69) is 4.98 Å². The predicted molar refractivity (Wildman–Crippen MR) is 65.3 cm³/mol. The van der Waals surface area contributed by atoms with Gasteiger partial charge in [-0.3, -0.25) is 10.1 Å². The van der Waals surface area contributed by atoms with Crippen LogP contribution in [0.3, 0.4) is 0 Å². The van der Waals surface area contributed by atoms with Crippen molar-refractivity contribution in [1.29, 1.82) is 0 Å². The largest absolute Gasteiger partial charge is 0.477 e. The molecule has 1 aromatic heterocycles. The Morgan fingerprint density at radius 3 is 2.79 bits per heavy atom. The smallest absolute Gasteiger partial charge is 0.354 e. The number of carbonyl (C=O) groups is 1. The molecule has 0 aliphatic heterocycles. The van der Waals surface area contributed by atoms with Crippen LogP contribution in [0.15, 0.2) is 12.1 Å². The van der Waals surface area contributed by atoms with Crippen LogP contribution >= 0.6 is 0 Å². The molecule has 0 aromatic carbocycles. The van der Waals surface area contributed by atoms with Gasteiger partial charge in [-0.2, -0.15) is 0 Å². The zero-order valence-corrected chi connectivity index (χ0v) is 10.2. The molecule has 2 rings (SSSR count). The summed E-state index contributed by atoms with van der Waals surface area (Å²) >= 11 is 0. The first kappa shape index (κ1) is 13.3. The number of hydrogen-bond acceptors (Lipinski definition) is 5. The Labute approximate surface area is 109 Å². The highest BCUT2D eigenvalue weighted by atomic mass is 16.6. The zero-order valence-electron chi connectivity index (χ0n) is 10.2. The van der Waals surface area contributed by atoms with Gasteiger partial charge in [-0.25, -0.2) is 9.78 Å². The molecular weight excluding hydrogens is 252 g/mol. The van der Waals surface area contributed by atoms with Crippen LogP contribution < -0.4 is 4.74 Å². The molecule has 0 saturated heterocycles. The van der Waals surface area contributed by atoms with Gasteiger partial charge in [-0.05, 0) is 18.4 Å². The quantitative estimate of drug-likeness (QED) is 0.625. The number of aromatic nitrogens is 1. The second-order valence-corrected chi connectivity index (χ2v) is 4.52. The summed E-state index contributed by atoms with van der Waals surface area (Å²) in [4.78, 5) is 24.6. The summed E-state index contributed by atoms with van der Waals surface area (Å²) in [6.45, 7) is 0.321. The van der Waals surface area contributed by atoms with E-state index in [0.29, 0.717) is 12.5 Å². The Kier molecular flexibility index (Phi) is 3.94. The summed E-state index contributed by atoms with van der Waals surface area (Å²) in [6.07, 6.45) is 4.36. The van der Waals surface area contributed by atoms with Crippen molar-refractivity contribution in [3.63, 3.8) is 0 Å². The minimum absolute atomic E-state index is 0.218. The lowest BCUT2D eigenvalue weighted by molar-refractivity contribution is -0.386. The van der Waals surface area contributed by atoms with E-state index in [9.17, 15) is 14.9 Å². The molecule has 1 saturated carbocycles. The normalized spacial score (nSPS) is 14.7. The molecule has 19 heavy (non-hydrogen) atoms. The highest BCUT2D eigenvalue weighted by Crippen LogP contribution is 2.30. The predicted octanol–water partition coefficient (Wildman–Crippen LogP) is 2.26. The molecule has 0 bridgehead atoms. The Morgan fingerprint density at radius 2 is 2.26 bits per heavy atom. The molecule has 0 radical (unpaired) electrons. The van der Waals surface area contributed by atoms with Gasteiger partial charge in [0.25, 0.3) is 5.88 Å². The number of pyridine rings is 1. The highest BCUT2D eigenvalue weighted by Gasteiger charge is 2.21. The number of rotatable bonds is 6. The van der Waals surface area contributed by atoms with Gasteiger partial charge in [0.1, 0.15) is 0 Å². The summed E-state index contributed by atoms with van der Waals surface area (Å²) in [5.41, 5.74) is -0.567. The molecular formula is C12H14N2O5. The number of nitro groups is 1. The minimum atomic E-state index is -1.24. The van der Waals surface area contributed by atoms with Crippen molar-refractivity contribution < 1.29 is 19.6 Å². The van der Waals surface area contributed by atoms with Crippen molar-refractivity contribution >= 4 is 11.7 Å². The summed E-state index contributed by atoms with van der Waals surface area (Å²) in [7, 11) is 0. The molecule has 0 atom stereocenters. The Hall–Kier alpha value is -2.18. The van der Waals surface area contributed by atoms with Gasteiger partial charge in [0.15, 0.2) is 5.69 Å². The van der Waals surface area contributed by atoms with Crippen LogP contribution in [0.2, 0.25) is 0 Å². The van der Waals surface area contributed by atoms with Crippen LogP contribution in [0.5, 0.6) is 5.88 Å². The molecule has 1 N–H and O–H groups in total. The monoisotopic (exact) mass is 266 g/mol. The van der Waals surface area contributed by atoms with Crippen LogP contribution in [-0.4, -0.2) is 27.6 Å². The van der Waals surface area contributed by atoms with Crippen molar-refractivity contribution in [1.82, 2.24) is 4.98 Å². The van der Waals surface area contributed by atoms with Crippen LogP contribution in [0.4, 0.5) is 5.69 Å². The zero-order chi connectivity index (χ0) is 13.8. The maximum atomic E-state index is 10.8. The van der Waals surface area contributed by atoms with Gasteiger partial charge in [0.05, 0.1) is 11.5 Å². The summed E-state index contributed by atoms with van der Waals surface area (Å²) in [5.74, 6) is -0.843. The van der Waals surface area contributed by atoms with E-state index in [1.807, 2.05) is 0 Å². The van der Waals surface area contributed by atoms with Gasteiger partial charge in [0, 0.05) is 6.07 Å². The fraction of sp³-hybridized carbons (Fsp3) is 0.500. The number of nitrogens with zero attached hydrogens (tertiary/aromatic N) is 2. The van der Waals surface area contributed by atoms with Crippen LogP contribution in [-0.2, 0) is 0 Å². The third kappa shape index (κ3) is 3.18. The van der Waals surface area contributed by atoms with E-state index in [1.165, 1.54) is 6.42 Å². The summed E-state index contributed by atoms with van der Waals surface area (Å²) < 4.78 is 5.28. The molecule has 1 fully saturated rings. The number of hydrogen-bond donors (Lipinski definition) is 1. The SMILES string of the molecule is O=C(O)c1ccc([N+](=O)[O-])c(OCCC2CCC2)n1. The lowest BCUT2D eigenvalue weighted by Gasteiger charge is -2.24. The van der Waals surface area contributed by atoms with E-state index in [4.69, 9.17) is 9.84 Å². The maximum Gasteiger partial charge on any atom is 0.354 e. The first-order valence-corrected chi connectivity index (χ1v) is 6.09. The molecule has 1 aromatic rings. The first-order chi connectivity index (χ1) is 9.08. The summed E-state index contributed by atoms with van der Waals surface area (Å²) in [6, 6.07) is 2.20.